The SMILES string of the molecule is CC[C@@H]1CC[C@H](C)N(C(N)=S)C1. The molecule has 0 spiro atoms. The molecule has 0 aromatic heterocycles. The second-order valence-electron chi connectivity index (χ2n) is 3.69. The Labute approximate surface area is 80.1 Å². The fraction of sp³-hybridized carbons (Fsp3) is 0.889. The number of nitrogens with two attached hydrogens (primary N) is 1. The van der Waals surface area contributed by atoms with E-state index in [1.54, 1.807) is 0 Å². The molecule has 0 radical (unpaired) electrons. The van der Waals surface area contributed by atoms with E-state index in [1.165, 1.54) is 19.3 Å². The lowest BCUT2D eigenvalue weighted by Gasteiger charge is -2.38. The Morgan fingerprint density at radius 2 is 2.25 bits per heavy atom. The van der Waals surface area contributed by atoms with Crippen LogP contribution in [0.4, 0.5) is 0 Å². The van der Waals surface area contributed by atoms with Gasteiger partial charge in [-0.2, -0.15) is 0 Å². The summed E-state index contributed by atoms with van der Waals surface area (Å²) in [6, 6.07) is 0.547. The predicted octanol–water partition coefficient (Wildman–Crippen LogP) is 1.74. The molecule has 0 amide bonds. The fourth-order valence-electron chi connectivity index (χ4n) is 1.82. The van der Waals surface area contributed by atoms with Gasteiger partial charge in [0.05, 0.1) is 0 Å². The smallest absolute Gasteiger partial charge is 0.166 e. The Hall–Kier alpha value is -0.310. The molecule has 1 rings (SSSR count). The van der Waals surface area contributed by atoms with Gasteiger partial charge in [-0.3, -0.25) is 0 Å². The van der Waals surface area contributed by atoms with Crippen molar-refractivity contribution in [1.82, 2.24) is 4.90 Å². The highest BCUT2D eigenvalue weighted by Crippen LogP contribution is 2.23. The highest BCUT2D eigenvalue weighted by atomic mass is 32.1. The van der Waals surface area contributed by atoms with E-state index >= 15 is 0 Å². The Kier molecular flexibility index (Phi) is 3.32. The van der Waals surface area contributed by atoms with E-state index in [2.05, 4.69) is 18.7 Å². The van der Waals surface area contributed by atoms with Crippen LogP contribution in [0.15, 0.2) is 0 Å². The molecule has 0 saturated carbocycles. The van der Waals surface area contributed by atoms with Crippen LogP contribution >= 0.6 is 12.2 Å². The quantitative estimate of drug-likeness (QED) is 0.633. The molecule has 1 heterocycles. The maximum absolute atomic E-state index is 5.63. The summed E-state index contributed by atoms with van der Waals surface area (Å²) in [5.41, 5.74) is 5.63. The van der Waals surface area contributed by atoms with E-state index in [1.807, 2.05) is 0 Å². The van der Waals surface area contributed by atoms with Crippen LogP contribution in [0.3, 0.4) is 0 Å². The zero-order valence-corrected chi connectivity index (χ0v) is 8.73. The van der Waals surface area contributed by atoms with E-state index in [0.717, 1.165) is 12.5 Å². The third kappa shape index (κ3) is 2.09. The van der Waals surface area contributed by atoms with Gasteiger partial charge in [-0.05, 0) is 37.9 Å². The number of piperidine rings is 1. The van der Waals surface area contributed by atoms with Crippen LogP contribution in [-0.2, 0) is 0 Å². The number of hydrogen-bond donors (Lipinski definition) is 1. The van der Waals surface area contributed by atoms with Crippen molar-refractivity contribution in [3.63, 3.8) is 0 Å². The van der Waals surface area contributed by atoms with Gasteiger partial charge < -0.3 is 10.6 Å². The average molecular weight is 186 g/mol. The Morgan fingerprint density at radius 3 is 2.75 bits per heavy atom. The largest absolute Gasteiger partial charge is 0.376 e. The monoisotopic (exact) mass is 186 g/mol. The summed E-state index contributed by atoms with van der Waals surface area (Å²) in [7, 11) is 0. The molecule has 2 N–H and O–H groups in total. The third-order valence-electron chi connectivity index (χ3n) is 2.84. The number of rotatable bonds is 1. The summed E-state index contributed by atoms with van der Waals surface area (Å²) in [5, 5.41) is 0.570. The molecule has 0 bridgehead atoms. The van der Waals surface area contributed by atoms with Gasteiger partial charge in [0.15, 0.2) is 5.11 Å². The van der Waals surface area contributed by atoms with Gasteiger partial charge in [0.2, 0.25) is 0 Å². The van der Waals surface area contributed by atoms with Gasteiger partial charge in [0.25, 0.3) is 0 Å². The first-order valence-electron chi connectivity index (χ1n) is 4.71. The maximum Gasteiger partial charge on any atom is 0.166 e. The summed E-state index contributed by atoms with van der Waals surface area (Å²) >= 11 is 5.00. The summed E-state index contributed by atoms with van der Waals surface area (Å²) in [4.78, 5) is 2.16. The molecule has 2 nitrogen and oxygen atoms in total. The van der Waals surface area contributed by atoms with Crippen molar-refractivity contribution in [3.05, 3.63) is 0 Å². The van der Waals surface area contributed by atoms with Crippen molar-refractivity contribution in [3.8, 4) is 0 Å². The minimum Gasteiger partial charge on any atom is -0.376 e. The molecule has 0 aromatic rings. The van der Waals surface area contributed by atoms with Crippen molar-refractivity contribution >= 4 is 17.3 Å². The lowest BCUT2D eigenvalue weighted by atomic mass is 9.92. The van der Waals surface area contributed by atoms with E-state index < -0.39 is 0 Å². The Morgan fingerprint density at radius 1 is 1.58 bits per heavy atom. The predicted molar refractivity (Wildman–Crippen MR) is 56.0 cm³/mol. The molecule has 1 fully saturated rings. The van der Waals surface area contributed by atoms with Crippen LogP contribution in [0.1, 0.15) is 33.1 Å². The molecule has 0 aromatic carbocycles. The van der Waals surface area contributed by atoms with Crippen molar-refractivity contribution < 1.29 is 0 Å². The molecule has 1 saturated heterocycles. The van der Waals surface area contributed by atoms with Crippen molar-refractivity contribution in [2.45, 2.75) is 39.2 Å². The maximum atomic E-state index is 5.63. The number of hydrogen-bond acceptors (Lipinski definition) is 1. The summed E-state index contributed by atoms with van der Waals surface area (Å²) in [5.74, 6) is 0.794. The van der Waals surface area contributed by atoms with Crippen molar-refractivity contribution in [2.75, 3.05) is 6.54 Å². The molecule has 12 heavy (non-hydrogen) atoms. The Balaban J connectivity index is 2.53. The van der Waals surface area contributed by atoms with Crippen molar-refractivity contribution in [1.29, 1.82) is 0 Å². The van der Waals surface area contributed by atoms with Gasteiger partial charge in [-0.1, -0.05) is 13.3 Å². The molecule has 0 unspecified atom stereocenters. The first-order valence-corrected chi connectivity index (χ1v) is 5.12. The summed E-state index contributed by atoms with van der Waals surface area (Å²) < 4.78 is 0. The second kappa shape index (κ2) is 4.08. The van der Waals surface area contributed by atoms with Gasteiger partial charge in [0.1, 0.15) is 0 Å². The fourth-order valence-corrected chi connectivity index (χ4v) is 2.08. The summed E-state index contributed by atoms with van der Waals surface area (Å²) in [6.07, 6.45) is 3.80. The first-order chi connectivity index (χ1) is 5.65. The second-order valence-corrected chi connectivity index (χ2v) is 4.11. The van der Waals surface area contributed by atoms with Crippen LogP contribution in [0.2, 0.25) is 0 Å². The minimum atomic E-state index is 0.547. The van der Waals surface area contributed by atoms with Gasteiger partial charge in [0, 0.05) is 12.6 Å². The molecular formula is C9H18N2S. The molecule has 70 valence electrons. The van der Waals surface area contributed by atoms with Crippen LogP contribution in [-0.4, -0.2) is 22.6 Å². The summed E-state index contributed by atoms with van der Waals surface area (Å²) in [6.45, 7) is 5.50. The molecule has 1 aliphatic heterocycles. The molecule has 0 aliphatic carbocycles. The van der Waals surface area contributed by atoms with E-state index in [-0.39, 0.29) is 0 Å². The van der Waals surface area contributed by atoms with Gasteiger partial charge in [-0.15, -0.1) is 0 Å². The zero-order valence-electron chi connectivity index (χ0n) is 7.92. The van der Waals surface area contributed by atoms with Crippen LogP contribution in [0.25, 0.3) is 0 Å². The minimum absolute atomic E-state index is 0.547. The van der Waals surface area contributed by atoms with Crippen LogP contribution in [0.5, 0.6) is 0 Å². The standard InChI is InChI=1S/C9H18N2S/c1-3-8-5-4-7(2)11(6-8)9(10)12/h7-8H,3-6H2,1-2H3,(H2,10,12)/t7-,8+/m0/s1. The number of thiocarbonyl (C=S) groups is 1. The van der Waals surface area contributed by atoms with E-state index in [4.69, 9.17) is 18.0 Å². The number of nitrogens with zero attached hydrogens (tertiary/aromatic N) is 1. The lowest BCUT2D eigenvalue weighted by molar-refractivity contribution is 0.194. The lowest BCUT2D eigenvalue weighted by Crippen LogP contribution is -2.47. The number of likely N-dealkylation sites (tertiary alicyclic amines) is 1. The van der Waals surface area contributed by atoms with E-state index in [0.29, 0.717) is 11.2 Å². The average Bonchev–Trinajstić information content (AvgIpc) is 2.05. The van der Waals surface area contributed by atoms with Crippen molar-refractivity contribution in [2.24, 2.45) is 11.7 Å². The normalized spacial score (nSPS) is 30.3. The highest BCUT2D eigenvalue weighted by Gasteiger charge is 2.24. The van der Waals surface area contributed by atoms with Crippen LogP contribution < -0.4 is 5.73 Å². The molecular weight excluding hydrogens is 168 g/mol. The zero-order chi connectivity index (χ0) is 9.14. The Bertz CT molecular complexity index is 170. The third-order valence-corrected chi connectivity index (χ3v) is 3.07. The molecule has 2 atom stereocenters. The first kappa shape index (κ1) is 9.78. The van der Waals surface area contributed by atoms with Gasteiger partial charge >= 0.3 is 0 Å². The van der Waals surface area contributed by atoms with Crippen LogP contribution in [0, 0.1) is 5.92 Å². The molecule has 3 heteroatoms. The highest BCUT2D eigenvalue weighted by molar-refractivity contribution is 7.80. The molecule has 1 aliphatic rings. The van der Waals surface area contributed by atoms with E-state index in [9.17, 15) is 0 Å². The van der Waals surface area contributed by atoms with Gasteiger partial charge in [-0.25, -0.2) is 0 Å². The topological polar surface area (TPSA) is 29.3 Å².